The summed E-state index contributed by atoms with van der Waals surface area (Å²) in [5.41, 5.74) is 0.958. The molecule has 7 heteroatoms. The number of carbonyl (C=O) groups excluding carboxylic acids is 2. The molecule has 2 heterocycles. The molecule has 3 aliphatic rings. The summed E-state index contributed by atoms with van der Waals surface area (Å²) in [7, 11) is 0. The molecule has 150 valence electrons. The van der Waals surface area contributed by atoms with E-state index in [0.717, 1.165) is 18.4 Å². The molecule has 1 aromatic rings. The Labute approximate surface area is 163 Å². The highest BCUT2D eigenvalue weighted by atomic mass is 16.4. The number of benzene rings is 1. The molecule has 0 bridgehead atoms. The molecule has 1 saturated carbocycles. The van der Waals surface area contributed by atoms with Crippen LogP contribution in [-0.4, -0.2) is 63.5 Å². The van der Waals surface area contributed by atoms with Gasteiger partial charge in [0, 0.05) is 31.1 Å². The minimum atomic E-state index is -0.931. The zero-order chi connectivity index (χ0) is 20.1. The van der Waals surface area contributed by atoms with Crippen LogP contribution >= 0.6 is 0 Å². The number of rotatable bonds is 3. The molecule has 1 aromatic carbocycles. The highest BCUT2D eigenvalue weighted by molar-refractivity contribution is 5.95. The third-order valence-corrected chi connectivity index (χ3v) is 6.57. The average Bonchev–Trinajstić information content (AvgIpc) is 3.46. The maximum Gasteiger partial charge on any atom is 0.326 e. The molecule has 2 N–H and O–H groups in total. The SMILES string of the molecule is Cc1ccc(C(=O)N2CCC3(CC2)C[C@H](C(=O)O)N(C(=O)C2CC2)C3)cc1O. The zero-order valence-electron chi connectivity index (χ0n) is 16.1. The third kappa shape index (κ3) is 3.34. The van der Waals surface area contributed by atoms with Crippen LogP contribution in [0.5, 0.6) is 5.75 Å². The number of aliphatic carboxylic acids is 1. The normalized spacial score (nSPS) is 23.8. The molecule has 0 unspecified atom stereocenters. The summed E-state index contributed by atoms with van der Waals surface area (Å²) in [5.74, 6) is -0.956. The van der Waals surface area contributed by atoms with Gasteiger partial charge in [-0.2, -0.15) is 0 Å². The number of carboxylic acid groups (broad SMARTS) is 1. The molecule has 3 fully saturated rings. The van der Waals surface area contributed by atoms with Gasteiger partial charge in [-0.05, 0) is 62.1 Å². The summed E-state index contributed by atoms with van der Waals surface area (Å²) in [5, 5.41) is 19.5. The molecule has 28 heavy (non-hydrogen) atoms. The predicted molar refractivity (Wildman–Crippen MR) is 101 cm³/mol. The smallest absolute Gasteiger partial charge is 0.326 e. The number of hydrogen-bond acceptors (Lipinski definition) is 4. The molecule has 7 nitrogen and oxygen atoms in total. The number of phenols is 1. The molecule has 1 aliphatic carbocycles. The summed E-state index contributed by atoms with van der Waals surface area (Å²) in [6.07, 6.45) is 3.57. The third-order valence-electron chi connectivity index (χ3n) is 6.57. The van der Waals surface area contributed by atoms with E-state index < -0.39 is 12.0 Å². The van der Waals surface area contributed by atoms with Gasteiger partial charge in [0.2, 0.25) is 5.91 Å². The second-order valence-electron chi connectivity index (χ2n) is 8.59. The van der Waals surface area contributed by atoms with Crippen molar-refractivity contribution in [1.29, 1.82) is 0 Å². The van der Waals surface area contributed by atoms with Crippen molar-refractivity contribution in [3.63, 3.8) is 0 Å². The average molecular weight is 386 g/mol. The second kappa shape index (κ2) is 6.79. The first kappa shape index (κ1) is 18.8. The van der Waals surface area contributed by atoms with Crippen molar-refractivity contribution in [3.8, 4) is 5.75 Å². The minimum absolute atomic E-state index is 0.00730. The van der Waals surface area contributed by atoms with Crippen LogP contribution in [-0.2, 0) is 9.59 Å². The van der Waals surface area contributed by atoms with Crippen LogP contribution in [0.1, 0.15) is 48.0 Å². The Balaban J connectivity index is 1.44. The Hall–Kier alpha value is -2.57. The largest absolute Gasteiger partial charge is 0.508 e. The Kier molecular flexibility index (Phi) is 4.56. The highest BCUT2D eigenvalue weighted by Crippen LogP contribution is 2.45. The summed E-state index contributed by atoms with van der Waals surface area (Å²) in [6, 6.07) is 4.19. The molecular weight excluding hydrogens is 360 g/mol. The number of aromatic hydroxyl groups is 1. The van der Waals surface area contributed by atoms with Gasteiger partial charge in [0.25, 0.3) is 5.91 Å². The van der Waals surface area contributed by atoms with Gasteiger partial charge in [0.15, 0.2) is 0 Å². The number of amides is 2. The first-order valence-electron chi connectivity index (χ1n) is 9.92. The lowest BCUT2D eigenvalue weighted by molar-refractivity contribution is -0.148. The molecule has 1 atom stereocenters. The molecule has 4 rings (SSSR count). The van der Waals surface area contributed by atoms with Gasteiger partial charge >= 0.3 is 5.97 Å². The first-order valence-corrected chi connectivity index (χ1v) is 9.92. The van der Waals surface area contributed by atoms with Crippen molar-refractivity contribution < 1.29 is 24.6 Å². The topological polar surface area (TPSA) is 98.2 Å². The van der Waals surface area contributed by atoms with Crippen molar-refractivity contribution in [2.24, 2.45) is 11.3 Å². The van der Waals surface area contributed by atoms with Crippen molar-refractivity contribution in [2.45, 2.75) is 45.1 Å². The van der Waals surface area contributed by atoms with E-state index in [1.165, 1.54) is 6.07 Å². The van der Waals surface area contributed by atoms with Crippen LogP contribution in [0.2, 0.25) is 0 Å². The highest BCUT2D eigenvalue weighted by Gasteiger charge is 2.52. The van der Waals surface area contributed by atoms with E-state index in [2.05, 4.69) is 0 Å². The first-order chi connectivity index (χ1) is 13.3. The van der Waals surface area contributed by atoms with Gasteiger partial charge in [-0.1, -0.05) is 6.07 Å². The molecule has 1 spiro atoms. The Morgan fingerprint density at radius 1 is 1.14 bits per heavy atom. The number of piperidine rings is 1. The van der Waals surface area contributed by atoms with E-state index in [1.807, 2.05) is 0 Å². The molecule has 0 radical (unpaired) electrons. The number of likely N-dealkylation sites (tertiary alicyclic amines) is 2. The summed E-state index contributed by atoms with van der Waals surface area (Å²) in [6.45, 7) is 3.32. The van der Waals surface area contributed by atoms with Crippen LogP contribution in [0, 0.1) is 18.3 Å². The molecule has 0 aromatic heterocycles. The predicted octanol–water partition coefficient (Wildman–Crippen LogP) is 2.02. The second-order valence-corrected chi connectivity index (χ2v) is 8.59. The van der Waals surface area contributed by atoms with Crippen LogP contribution in [0.15, 0.2) is 18.2 Å². The zero-order valence-corrected chi connectivity index (χ0v) is 16.1. The van der Waals surface area contributed by atoms with Crippen LogP contribution < -0.4 is 0 Å². The van der Waals surface area contributed by atoms with Crippen molar-refractivity contribution in [3.05, 3.63) is 29.3 Å². The molecule has 2 amide bonds. The van der Waals surface area contributed by atoms with Gasteiger partial charge in [-0.25, -0.2) is 4.79 Å². The van der Waals surface area contributed by atoms with Crippen LogP contribution in [0.4, 0.5) is 0 Å². The Morgan fingerprint density at radius 2 is 1.82 bits per heavy atom. The molecule has 2 saturated heterocycles. The maximum absolute atomic E-state index is 12.8. The fourth-order valence-electron chi connectivity index (χ4n) is 4.54. The number of carboxylic acids is 1. The summed E-state index contributed by atoms with van der Waals surface area (Å²) >= 11 is 0. The van der Waals surface area contributed by atoms with E-state index in [0.29, 0.717) is 44.5 Å². The Bertz CT molecular complexity index is 824. The van der Waals surface area contributed by atoms with E-state index in [9.17, 15) is 24.6 Å². The summed E-state index contributed by atoms with van der Waals surface area (Å²) in [4.78, 5) is 40.4. The monoisotopic (exact) mass is 386 g/mol. The van der Waals surface area contributed by atoms with Crippen molar-refractivity contribution >= 4 is 17.8 Å². The van der Waals surface area contributed by atoms with Gasteiger partial charge in [0.05, 0.1) is 0 Å². The molecule has 2 aliphatic heterocycles. The lowest BCUT2D eigenvalue weighted by Crippen LogP contribution is -2.45. The van der Waals surface area contributed by atoms with Gasteiger partial charge < -0.3 is 20.0 Å². The van der Waals surface area contributed by atoms with E-state index >= 15 is 0 Å². The van der Waals surface area contributed by atoms with Gasteiger partial charge in [0.1, 0.15) is 11.8 Å². The number of nitrogens with zero attached hydrogens (tertiary/aromatic N) is 2. The number of carbonyl (C=O) groups is 3. The number of phenolic OH excluding ortho intramolecular Hbond substituents is 1. The lowest BCUT2D eigenvalue weighted by atomic mass is 9.76. The number of hydrogen-bond donors (Lipinski definition) is 2. The molecular formula is C21H26N2O5. The van der Waals surface area contributed by atoms with Crippen LogP contribution in [0.3, 0.4) is 0 Å². The van der Waals surface area contributed by atoms with E-state index in [1.54, 1.807) is 28.9 Å². The lowest BCUT2D eigenvalue weighted by Gasteiger charge is -2.39. The van der Waals surface area contributed by atoms with Gasteiger partial charge in [-0.3, -0.25) is 9.59 Å². The van der Waals surface area contributed by atoms with E-state index in [-0.39, 0.29) is 28.9 Å². The maximum atomic E-state index is 12.8. The van der Waals surface area contributed by atoms with E-state index in [4.69, 9.17) is 0 Å². The standard InChI is InChI=1S/C21H26N2O5/c1-13-2-3-15(10-17(13)24)18(25)22-8-6-21(7-9-22)11-16(20(27)28)23(12-21)19(26)14-4-5-14/h2-3,10,14,16,24H,4-9,11-12H2,1H3,(H,27,28)/t16-/m1/s1. The quantitative estimate of drug-likeness (QED) is 0.828. The number of aryl methyl sites for hydroxylation is 1. The van der Waals surface area contributed by atoms with Gasteiger partial charge in [-0.15, -0.1) is 0 Å². The fourth-order valence-corrected chi connectivity index (χ4v) is 4.54. The van der Waals surface area contributed by atoms with Crippen molar-refractivity contribution in [2.75, 3.05) is 19.6 Å². The van der Waals surface area contributed by atoms with Crippen LogP contribution in [0.25, 0.3) is 0 Å². The minimum Gasteiger partial charge on any atom is -0.508 e. The fraction of sp³-hybridized carbons (Fsp3) is 0.571. The summed E-state index contributed by atoms with van der Waals surface area (Å²) < 4.78 is 0. The Morgan fingerprint density at radius 3 is 2.39 bits per heavy atom. The van der Waals surface area contributed by atoms with Crippen molar-refractivity contribution in [1.82, 2.24) is 9.80 Å².